The van der Waals surface area contributed by atoms with Crippen LogP contribution in [0.5, 0.6) is 0 Å². The number of fused-ring (bicyclic) bond motifs is 2. The number of nitrogens with zero attached hydrogens (tertiary/aromatic N) is 1. The molecule has 0 aromatic heterocycles. The number of nitrogens with one attached hydrogen (secondary N) is 2. The van der Waals surface area contributed by atoms with Crippen molar-refractivity contribution in [3.8, 4) is 0 Å². The van der Waals surface area contributed by atoms with E-state index in [-0.39, 0.29) is 29.1 Å². The van der Waals surface area contributed by atoms with Crippen LogP contribution in [0.15, 0.2) is 54.6 Å². The summed E-state index contributed by atoms with van der Waals surface area (Å²) in [7, 11) is 0. The molecule has 1 fully saturated rings. The van der Waals surface area contributed by atoms with E-state index in [0.29, 0.717) is 32.5 Å². The molecule has 2 atom stereocenters. The molecule has 39 heavy (non-hydrogen) atoms. The number of aryl methyl sites for hydroxylation is 1. The highest BCUT2D eigenvalue weighted by atomic mass is 16.2. The van der Waals surface area contributed by atoms with Crippen molar-refractivity contribution >= 4 is 17.7 Å². The Balaban J connectivity index is 1.43. The smallest absolute Gasteiger partial charge is 0.245 e. The maximum atomic E-state index is 13.8. The monoisotopic (exact) mass is 532 g/mol. The molecule has 1 heterocycles. The molecule has 3 amide bonds. The van der Waals surface area contributed by atoms with Crippen LogP contribution in [-0.4, -0.2) is 53.8 Å². The van der Waals surface area contributed by atoms with Crippen molar-refractivity contribution in [1.82, 2.24) is 15.5 Å². The highest BCUT2D eigenvalue weighted by Crippen LogP contribution is 2.52. The lowest BCUT2D eigenvalue weighted by atomic mass is 9.73. The minimum absolute atomic E-state index is 0.0180. The summed E-state index contributed by atoms with van der Waals surface area (Å²) in [4.78, 5) is 40.9. The molecule has 4 N–H and O–H groups in total. The summed E-state index contributed by atoms with van der Waals surface area (Å²) in [6, 6.07) is 18.1. The van der Waals surface area contributed by atoms with Gasteiger partial charge >= 0.3 is 0 Å². The van der Waals surface area contributed by atoms with E-state index >= 15 is 0 Å². The number of likely N-dealkylation sites (tertiary alicyclic amines) is 1. The van der Waals surface area contributed by atoms with Crippen molar-refractivity contribution in [2.24, 2.45) is 5.73 Å². The summed E-state index contributed by atoms with van der Waals surface area (Å²) in [5.74, 6) is -0.0432. The fourth-order valence-electron chi connectivity index (χ4n) is 6.31. The highest BCUT2D eigenvalue weighted by Gasteiger charge is 2.46. The number of carbonyl (C=O) groups excluding carboxylic acids is 3. The maximum absolute atomic E-state index is 13.8. The van der Waals surface area contributed by atoms with Crippen molar-refractivity contribution in [3.05, 3.63) is 71.3 Å². The van der Waals surface area contributed by atoms with Crippen LogP contribution >= 0.6 is 0 Å². The first-order valence-electron chi connectivity index (χ1n) is 14.4. The van der Waals surface area contributed by atoms with E-state index in [1.807, 2.05) is 30.0 Å². The molecule has 2 aromatic rings. The lowest BCUT2D eigenvalue weighted by Gasteiger charge is -2.41. The first-order valence-corrected chi connectivity index (χ1v) is 14.4. The maximum Gasteiger partial charge on any atom is 0.245 e. The Bertz CT molecular complexity index is 1150. The van der Waals surface area contributed by atoms with Crippen LogP contribution < -0.4 is 16.4 Å². The standard InChI is InChI=1S/C32H44N4O3/c1-4-34-28(37)21-24-22-32(26-15-9-8-14-25(24)26)17-19-36(20-18-32)29(38)27(35-30(39)31(2,3)33)16-10-13-23-11-6-5-7-12-23/h5-9,11-12,14-15,24,27H,4,10,13,16-22,33H2,1-3H3,(H,34,37)(H,35,39)/t24-,27+/m0/s1. The molecule has 2 aliphatic rings. The fraction of sp³-hybridized carbons (Fsp3) is 0.531. The number of rotatable bonds is 10. The Morgan fingerprint density at radius 3 is 2.38 bits per heavy atom. The molecule has 1 aliphatic heterocycles. The minimum Gasteiger partial charge on any atom is -0.356 e. The van der Waals surface area contributed by atoms with E-state index < -0.39 is 11.6 Å². The van der Waals surface area contributed by atoms with Gasteiger partial charge in [0, 0.05) is 26.1 Å². The quantitative estimate of drug-likeness (QED) is 0.433. The molecule has 1 spiro atoms. The Hall–Kier alpha value is -3.19. The number of piperidine rings is 1. The molecular weight excluding hydrogens is 488 g/mol. The third kappa shape index (κ3) is 6.88. The van der Waals surface area contributed by atoms with E-state index in [2.05, 4.69) is 47.0 Å². The zero-order valence-corrected chi connectivity index (χ0v) is 23.7. The Labute approximate surface area is 232 Å². The first kappa shape index (κ1) is 28.8. The summed E-state index contributed by atoms with van der Waals surface area (Å²) in [5.41, 5.74) is 8.81. The number of nitrogens with two attached hydrogens (primary N) is 1. The average Bonchev–Trinajstić information content (AvgIpc) is 3.20. The lowest BCUT2D eigenvalue weighted by molar-refractivity contribution is -0.139. The van der Waals surface area contributed by atoms with Gasteiger partial charge in [-0.05, 0) is 87.3 Å². The van der Waals surface area contributed by atoms with Gasteiger partial charge in [-0.2, -0.15) is 0 Å². The number of hydrogen-bond donors (Lipinski definition) is 3. The van der Waals surface area contributed by atoms with Crippen LogP contribution in [0.25, 0.3) is 0 Å². The molecule has 210 valence electrons. The summed E-state index contributed by atoms with van der Waals surface area (Å²) < 4.78 is 0. The van der Waals surface area contributed by atoms with Crippen LogP contribution in [0.1, 0.15) is 81.9 Å². The molecule has 0 bridgehead atoms. The number of carbonyl (C=O) groups is 3. The molecular formula is C32H44N4O3. The van der Waals surface area contributed by atoms with Crippen molar-refractivity contribution in [2.45, 2.75) is 88.6 Å². The lowest BCUT2D eigenvalue weighted by Crippen LogP contribution is -2.57. The zero-order valence-electron chi connectivity index (χ0n) is 23.7. The molecule has 2 aromatic carbocycles. The van der Waals surface area contributed by atoms with E-state index in [9.17, 15) is 14.4 Å². The summed E-state index contributed by atoms with van der Waals surface area (Å²) in [6.45, 7) is 7.18. The Kier molecular flexibility index (Phi) is 9.11. The van der Waals surface area contributed by atoms with Gasteiger partial charge in [-0.3, -0.25) is 14.4 Å². The molecule has 1 aliphatic carbocycles. The molecule has 0 unspecified atom stereocenters. The average molecular weight is 533 g/mol. The Morgan fingerprint density at radius 1 is 1.05 bits per heavy atom. The van der Waals surface area contributed by atoms with E-state index in [1.165, 1.54) is 16.7 Å². The highest BCUT2D eigenvalue weighted by molar-refractivity contribution is 5.91. The van der Waals surface area contributed by atoms with Gasteiger partial charge in [0.25, 0.3) is 0 Å². The van der Waals surface area contributed by atoms with Crippen LogP contribution in [-0.2, 0) is 26.2 Å². The predicted octanol–water partition coefficient (Wildman–Crippen LogP) is 3.81. The second-order valence-electron chi connectivity index (χ2n) is 11.9. The van der Waals surface area contributed by atoms with Gasteiger partial charge in [0.15, 0.2) is 0 Å². The molecule has 7 nitrogen and oxygen atoms in total. The third-order valence-corrected chi connectivity index (χ3v) is 8.44. The number of hydrogen-bond acceptors (Lipinski definition) is 4. The van der Waals surface area contributed by atoms with Gasteiger partial charge in [-0.1, -0.05) is 54.6 Å². The van der Waals surface area contributed by atoms with Gasteiger partial charge < -0.3 is 21.3 Å². The number of benzene rings is 2. The Morgan fingerprint density at radius 2 is 1.72 bits per heavy atom. The molecule has 1 saturated heterocycles. The fourth-order valence-corrected chi connectivity index (χ4v) is 6.31. The molecule has 0 radical (unpaired) electrons. The number of amides is 3. The topological polar surface area (TPSA) is 105 Å². The summed E-state index contributed by atoms with van der Waals surface area (Å²) in [5, 5.41) is 5.90. The molecule has 0 saturated carbocycles. The van der Waals surface area contributed by atoms with E-state index in [1.54, 1.807) is 13.8 Å². The van der Waals surface area contributed by atoms with Gasteiger partial charge in [0.05, 0.1) is 5.54 Å². The molecule has 4 rings (SSSR count). The van der Waals surface area contributed by atoms with Crippen LogP contribution in [0.3, 0.4) is 0 Å². The third-order valence-electron chi connectivity index (χ3n) is 8.44. The van der Waals surface area contributed by atoms with E-state index in [0.717, 1.165) is 32.1 Å². The van der Waals surface area contributed by atoms with Crippen LogP contribution in [0.2, 0.25) is 0 Å². The summed E-state index contributed by atoms with van der Waals surface area (Å²) >= 11 is 0. The second kappa shape index (κ2) is 12.3. The van der Waals surface area contributed by atoms with Gasteiger partial charge in [-0.25, -0.2) is 0 Å². The van der Waals surface area contributed by atoms with Crippen LogP contribution in [0, 0.1) is 0 Å². The molecule has 7 heteroatoms. The van der Waals surface area contributed by atoms with Crippen molar-refractivity contribution < 1.29 is 14.4 Å². The van der Waals surface area contributed by atoms with Crippen LogP contribution in [0.4, 0.5) is 0 Å². The van der Waals surface area contributed by atoms with Crippen molar-refractivity contribution in [3.63, 3.8) is 0 Å². The second-order valence-corrected chi connectivity index (χ2v) is 11.9. The predicted molar refractivity (Wildman–Crippen MR) is 154 cm³/mol. The van der Waals surface area contributed by atoms with E-state index in [4.69, 9.17) is 5.73 Å². The van der Waals surface area contributed by atoms with Gasteiger partial charge in [0.2, 0.25) is 17.7 Å². The van der Waals surface area contributed by atoms with Crippen molar-refractivity contribution in [1.29, 1.82) is 0 Å². The largest absolute Gasteiger partial charge is 0.356 e. The minimum atomic E-state index is -1.06. The normalized spacial score (nSPS) is 18.9. The van der Waals surface area contributed by atoms with Gasteiger partial charge in [-0.15, -0.1) is 0 Å². The van der Waals surface area contributed by atoms with Crippen molar-refractivity contribution in [2.75, 3.05) is 19.6 Å². The zero-order chi connectivity index (χ0) is 28.0. The first-order chi connectivity index (χ1) is 18.6. The summed E-state index contributed by atoms with van der Waals surface area (Å²) in [6.07, 6.45) is 5.35. The SMILES string of the molecule is CCNC(=O)C[C@H]1CC2(CCN(C(=O)[C@@H](CCCc3ccccc3)NC(=O)C(C)(C)N)CC2)c2ccccc21. The van der Waals surface area contributed by atoms with Gasteiger partial charge in [0.1, 0.15) is 6.04 Å².